The first kappa shape index (κ1) is 20.4. The summed E-state index contributed by atoms with van der Waals surface area (Å²) in [7, 11) is 0. The highest BCUT2D eigenvalue weighted by atomic mass is 35.5. The summed E-state index contributed by atoms with van der Waals surface area (Å²) in [5.41, 5.74) is 1.57. The second-order valence-corrected chi connectivity index (χ2v) is 6.06. The molecule has 0 bridgehead atoms. The molecule has 2 amide bonds. The number of halogens is 2. The molecule has 0 atom stereocenters. The van der Waals surface area contributed by atoms with Gasteiger partial charge in [-0.3, -0.25) is 14.4 Å². The molecule has 2 N–H and O–H groups in total. The van der Waals surface area contributed by atoms with Gasteiger partial charge in [0.05, 0.1) is 17.1 Å². The Morgan fingerprint density at radius 1 is 1.15 bits per heavy atom. The van der Waals surface area contributed by atoms with Gasteiger partial charge in [0, 0.05) is 12.1 Å². The zero-order chi connectivity index (χ0) is 19.8. The number of carbonyl (C=O) groups is 3. The van der Waals surface area contributed by atoms with Gasteiger partial charge in [0.25, 0.3) is 11.8 Å². The van der Waals surface area contributed by atoms with Gasteiger partial charge in [0.1, 0.15) is 5.82 Å². The summed E-state index contributed by atoms with van der Waals surface area (Å²) in [6.45, 7) is 1.38. The molecule has 0 fully saturated rings. The number of ether oxygens (including phenoxy) is 1. The van der Waals surface area contributed by atoms with Crippen LogP contribution >= 0.6 is 11.6 Å². The summed E-state index contributed by atoms with van der Waals surface area (Å²) in [6.07, 6.45) is -0.0811. The number of anilines is 1. The number of hydrogen-bond acceptors (Lipinski definition) is 4. The van der Waals surface area contributed by atoms with Crippen LogP contribution in [0.3, 0.4) is 0 Å². The molecule has 142 valence electrons. The van der Waals surface area contributed by atoms with Gasteiger partial charge < -0.3 is 15.4 Å². The predicted molar refractivity (Wildman–Crippen MR) is 99.1 cm³/mol. The van der Waals surface area contributed by atoms with Crippen molar-refractivity contribution < 1.29 is 23.5 Å². The van der Waals surface area contributed by atoms with Crippen molar-refractivity contribution in [2.45, 2.75) is 13.3 Å². The van der Waals surface area contributed by atoms with Gasteiger partial charge in [-0.2, -0.15) is 0 Å². The van der Waals surface area contributed by atoms with Crippen molar-refractivity contribution in [2.75, 3.05) is 18.5 Å². The summed E-state index contributed by atoms with van der Waals surface area (Å²) >= 11 is 5.79. The fourth-order valence-corrected chi connectivity index (χ4v) is 2.41. The van der Waals surface area contributed by atoms with E-state index >= 15 is 0 Å². The Kier molecular flexibility index (Phi) is 7.31. The summed E-state index contributed by atoms with van der Waals surface area (Å²) in [5.74, 6) is -2.07. The summed E-state index contributed by atoms with van der Waals surface area (Å²) in [4.78, 5) is 35.4. The average Bonchev–Trinajstić information content (AvgIpc) is 2.62. The zero-order valence-electron chi connectivity index (χ0n) is 14.6. The van der Waals surface area contributed by atoms with Crippen LogP contribution < -0.4 is 10.6 Å². The van der Waals surface area contributed by atoms with E-state index < -0.39 is 24.3 Å². The van der Waals surface area contributed by atoms with Crippen LogP contribution in [0, 0.1) is 12.7 Å². The lowest BCUT2D eigenvalue weighted by molar-refractivity contribution is -0.147. The minimum absolute atomic E-state index is 0.0357. The van der Waals surface area contributed by atoms with Gasteiger partial charge in [-0.1, -0.05) is 29.8 Å². The summed E-state index contributed by atoms with van der Waals surface area (Å²) < 4.78 is 17.8. The highest BCUT2D eigenvalue weighted by Crippen LogP contribution is 2.22. The van der Waals surface area contributed by atoms with E-state index in [0.29, 0.717) is 5.56 Å². The number of aryl methyl sites for hydroxylation is 1. The lowest BCUT2D eigenvalue weighted by atomic mass is 10.1. The Balaban J connectivity index is 1.70. The van der Waals surface area contributed by atoms with Gasteiger partial charge in [-0.15, -0.1) is 0 Å². The Labute approximate surface area is 160 Å². The fraction of sp³-hybridized carbons (Fsp3) is 0.211. The Bertz CT molecular complexity index is 857. The van der Waals surface area contributed by atoms with Gasteiger partial charge in [0.2, 0.25) is 0 Å². The highest BCUT2D eigenvalue weighted by molar-refractivity contribution is 6.33. The minimum Gasteiger partial charge on any atom is -0.456 e. The van der Waals surface area contributed by atoms with Crippen molar-refractivity contribution in [2.24, 2.45) is 0 Å². The van der Waals surface area contributed by atoms with Crippen LogP contribution in [0.15, 0.2) is 42.5 Å². The number of esters is 1. The quantitative estimate of drug-likeness (QED) is 0.709. The number of benzene rings is 2. The SMILES string of the molecule is Cc1ccccc1C(=O)NCCC(=O)OCC(=O)Nc1ccc(F)cc1Cl. The number of hydrogen-bond donors (Lipinski definition) is 2. The first-order chi connectivity index (χ1) is 12.9. The molecule has 0 aliphatic heterocycles. The van der Waals surface area contributed by atoms with Crippen LogP contribution in [-0.4, -0.2) is 30.9 Å². The van der Waals surface area contributed by atoms with Crippen LogP contribution in [0.5, 0.6) is 0 Å². The topological polar surface area (TPSA) is 84.5 Å². The monoisotopic (exact) mass is 392 g/mol. The second-order valence-electron chi connectivity index (χ2n) is 5.65. The number of carbonyl (C=O) groups excluding carboxylic acids is 3. The highest BCUT2D eigenvalue weighted by Gasteiger charge is 2.12. The molecule has 8 heteroatoms. The van der Waals surface area contributed by atoms with Crippen LogP contribution in [0.2, 0.25) is 5.02 Å². The molecule has 2 aromatic carbocycles. The Morgan fingerprint density at radius 3 is 2.59 bits per heavy atom. The molecule has 2 rings (SSSR count). The Morgan fingerprint density at radius 2 is 1.89 bits per heavy atom. The molecule has 0 aliphatic rings. The molecule has 6 nitrogen and oxygen atoms in total. The molecular weight excluding hydrogens is 375 g/mol. The van der Waals surface area contributed by atoms with Gasteiger partial charge >= 0.3 is 5.97 Å². The van der Waals surface area contributed by atoms with E-state index in [1.54, 1.807) is 12.1 Å². The normalized spacial score (nSPS) is 10.2. The molecule has 2 aromatic rings. The standard InChI is InChI=1S/C19H18ClFN2O4/c1-12-4-2-3-5-14(12)19(26)22-9-8-18(25)27-11-17(24)23-16-7-6-13(21)10-15(16)20/h2-7,10H,8-9,11H2,1H3,(H,22,26)(H,23,24). The average molecular weight is 393 g/mol. The first-order valence-electron chi connectivity index (χ1n) is 8.11. The molecule has 0 saturated heterocycles. The third-order valence-corrected chi connectivity index (χ3v) is 3.89. The molecule has 0 radical (unpaired) electrons. The number of nitrogens with one attached hydrogen (secondary N) is 2. The van der Waals surface area contributed by atoms with Crippen molar-refractivity contribution in [1.29, 1.82) is 0 Å². The molecule has 0 spiro atoms. The van der Waals surface area contributed by atoms with Crippen molar-refractivity contribution in [3.63, 3.8) is 0 Å². The maximum absolute atomic E-state index is 12.9. The number of rotatable bonds is 7. The van der Waals surface area contributed by atoms with E-state index in [2.05, 4.69) is 10.6 Å². The lowest BCUT2D eigenvalue weighted by Gasteiger charge is -2.09. The minimum atomic E-state index is -0.638. The smallest absolute Gasteiger partial charge is 0.308 e. The molecule has 0 aromatic heterocycles. The largest absolute Gasteiger partial charge is 0.456 e. The molecule has 0 heterocycles. The van der Waals surface area contributed by atoms with Crippen LogP contribution in [-0.2, 0) is 14.3 Å². The van der Waals surface area contributed by atoms with E-state index in [9.17, 15) is 18.8 Å². The van der Waals surface area contributed by atoms with Crippen molar-refractivity contribution in [3.8, 4) is 0 Å². The van der Waals surface area contributed by atoms with Crippen molar-refractivity contribution in [1.82, 2.24) is 5.32 Å². The van der Waals surface area contributed by atoms with Crippen molar-refractivity contribution in [3.05, 3.63) is 64.4 Å². The van der Waals surface area contributed by atoms with Crippen molar-refractivity contribution >= 4 is 35.1 Å². The number of amides is 2. The maximum Gasteiger partial charge on any atom is 0.308 e. The molecule has 0 aliphatic carbocycles. The molecule has 27 heavy (non-hydrogen) atoms. The first-order valence-corrected chi connectivity index (χ1v) is 8.49. The van der Waals surface area contributed by atoms with Gasteiger partial charge in [0.15, 0.2) is 6.61 Å². The van der Waals surface area contributed by atoms with Crippen LogP contribution in [0.25, 0.3) is 0 Å². The van der Waals surface area contributed by atoms with Gasteiger partial charge in [-0.25, -0.2) is 4.39 Å². The van der Waals surface area contributed by atoms with E-state index in [1.807, 2.05) is 19.1 Å². The third-order valence-electron chi connectivity index (χ3n) is 3.57. The lowest BCUT2D eigenvalue weighted by Crippen LogP contribution is -2.28. The summed E-state index contributed by atoms with van der Waals surface area (Å²) in [5, 5.41) is 5.06. The van der Waals surface area contributed by atoms with Gasteiger partial charge in [-0.05, 0) is 36.8 Å². The van der Waals surface area contributed by atoms with E-state index in [4.69, 9.17) is 16.3 Å². The zero-order valence-corrected chi connectivity index (χ0v) is 15.3. The summed E-state index contributed by atoms with van der Waals surface area (Å²) in [6, 6.07) is 10.6. The maximum atomic E-state index is 12.9. The van der Waals surface area contributed by atoms with E-state index in [1.165, 1.54) is 6.07 Å². The predicted octanol–water partition coefficient (Wildman–Crippen LogP) is 3.09. The Hall–Kier alpha value is -2.93. The van der Waals surface area contributed by atoms with E-state index in [-0.39, 0.29) is 29.6 Å². The fourth-order valence-electron chi connectivity index (χ4n) is 2.20. The second kappa shape index (κ2) is 9.68. The molecule has 0 unspecified atom stereocenters. The van der Waals surface area contributed by atoms with E-state index in [0.717, 1.165) is 17.7 Å². The molecular formula is C19H18ClFN2O4. The van der Waals surface area contributed by atoms with Crippen LogP contribution in [0.1, 0.15) is 22.3 Å². The molecule has 0 saturated carbocycles. The third kappa shape index (κ3) is 6.38. The van der Waals surface area contributed by atoms with Crippen LogP contribution in [0.4, 0.5) is 10.1 Å².